The molecule has 0 atom stereocenters. The molecule has 0 spiro atoms. The number of para-hydroxylation sites is 1. The summed E-state index contributed by atoms with van der Waals surface area (Å²) in [6.07, 6.45) is 4.61. The highest BCUT2D eigenvalue weighted by molar-refractivity contribution is 5.48. The van der Waals surface area contributed by atoms with E-state index in [1.165, 1.54) is 5.56 Å². The summed E-state index contributed by atoms with van der Waals surface area (Å²) in [6, 6.07) is 16.4. The van der Waals surface area contributed by atoms with E-state index in [0.29, 0.717) is 0 Å². The molecule has 0 aliphatic carbocycles. The zero-order chi connectivity index (χ0) is 22.1. The number of likely N-dealkylation sites (tertiary alicyclic amines) is 1. The van der Waals surface area contributed by atoms with Crippen LogP contribution in [0.2, 0.25) is 0 Å². The molecule has 3 rings (SSSR count). The Kier molecular flexibility index (Phi) is 8.61. The van der Waals surface area contributed by atoms with Crippen molar-refractivity contribution in [3.05, 3.63) is 54.1 Å². The van der Waals surface area contributed by atoms with E-state index in [-0.39, 0.29) is 0 Å². The van der Waals surface area contributed by atoms with Crippen LogP contribution in [0.4, 0.5) is 5.69 Å². The Morgan fingerprint density at radius 1 is 1.06 bits per heavy atom. The van der Waals surface area contributed by atoms with Crippen LogP contribution in [0.3, 0.4) is 0 Å². The quantitative estimate of drug-likeness (QED) is 0.527. The van der Waals surface area contributed by atoms with E-state index in [1.54, 1.807) is 7.11 Å². The van der Waals surface area contributed by atoms with Crippen molar-refractivity contribution in [2.45, 2.75) is 51.2 Å². The second-order valence-corrected chi connectivity index (χ2v) is 8.68. The van der Waals surface area contributed by atoms with E-state index < -0.39 is 5.60 Å². The van der Waals surface area contributed by atoms with Gasteiger partial charge in [-0.3, -0.25) is 4.90 Å². The number of nitrogens with zero attached hydrogens (tertiary/aromatic N) is 2. The molecule has 0 bridgehead atoms. The van der Waals surface area contributed by atoms with Gasteiger partial charge in [-0.05, 0) is 56.0 Å². The summed E-state index contributed by atoms with van der Waals surface area (Å²) in [5.41, 5.74) is 1.77. The molecule has 31 heavy (non-hydrogen) atoms. The first-order valence-electron chi connectivity index (χ1n) is 11.5. The third-order valence-electron chi connectivity index (χ3n) is 6.33. The highest BCUT2D eigenvalue weighted by atomic mass is 16.5. The molecule has 5 nitrogen and oxygen atoms in total. The van der Waals surface area contributed by atoms with Gasteiger partial charge in [0, 0.05) is 44.5 Å². The minimum atomic E-state index is -0.589. The van der Waals surface area contributed by atoms with Crippen LogP contribution in [-0.4, -0.2) is 56.0 Å². The van der Waals surface area contributed by atoms with Gasteiger partial charge in [-0.1, -0.05) is 31.5 Å². The van der Waals surface area contributed by atoms with Crippen LogP contribution < -0.4 is 14.4 Å². The Labute approximate surface area is 187 Å². The molecule has 2 aromatic carbocycles. The molecule has 0 unspecified atom stereocenters. The number of anilines is 1. The molecule has 1 aliphatic rings. The fraction of sp³-hybridized carbons (Fsp3) is 0.538. The maximum atomic E-state index is 11.1. The Hall–Kier alpha value is -2.24. The minimum Gasteiger partial charge on any atom is -0.496 e. The Morgan fingerprint density at radius 2 is 1.77 bits per heavy atom. The molecule has 170 valence electrons. The molecule has 1 N–H and O–H groups in total. The van der Waals surface area contributed by atoms with E-state index >= 15 is 0 Å². The SMILES string of the molecule is CCCCOc1ccc(N(C)CCC2(O)CCN(Cc3ccccc3OC)CC2)cc1. The fourth-order valence-corrected chi connectivity index (χ4v) is 4.09. The normalized spacial score (nSPS) is 16.1. The van der Waals surface area contributed by atoms with Gasteiger partial charge in [0.25, 0.3) is 0 Å². The molecule has 2 aromatic rings. The lowest BCUT2D eigenvalue weighted by atomic mass is 9.88. The highest BCUT2D eigenvalue weighted by Crippen LogP contribution is 2.29. The maximum absolute atomic E-state index is 11.1. The molecule has 0 amide bonds. The second-order valence-electron chi connectivity index (χ2n) is 8.68. The van der Waals surface area contributed by atoms with Gasteiger partial charge in [0.05, 0.1) is 19.3 Å². The number of unbranched alkanes of at least 4 members (excludes halogenated alkanes) is 1. The molecular formula is C26H38N2O3. The predicted octanol–water partition coefficient (Wildman–Crippen LogP) is 4.73. The number of hydrogen-bond acceptors (Lipinski definition) is 5. The topological polar surface area (TPSA) is 45.2 Å². The monoisotopic (exact) mass is 426 g/mol. The lowest BCUT2D eigenvalue weighted by Crippen LogP contribution is -2.45. The first-order chi connectivity index (χ1) is 15.0. The number of benzene rings is 2. The third-order valence-corrected chi connectivity index (χ3v) is 6.33. The van der Waals surface area contributed by atoms with Crippen molar-refractivity contribution >= 4 is 5.69 Å². The largest absolute Gasteiger partial charge is 0.496 e. The molecule has 5 heteroatoms. The lowest BCUT2D eigenvalue weighted by Gasteiger charge is -2.39. The van der Waals surface area contributed by atoms with Crippen molar-refractivity contribution in [1.82, 2.24) is 4.90 Å². The van der Waals surface area contributed by atoms with Crippen LogP contribution in [0.1, 0.15) is 44.6 Å². The average molecular weight is 427 g/mol. The number of rotatable bonds is 11. The van der Waals surface area contributed by atoms with Gasteiger partial charge < -0.3 is 19.5 Å². The first-order valence-corrected chi connectivity index (χ1v) is 11.5. The van der Waals surface area contributed by atoms with E-state index in [4.69, 9.17) is 9.47 Å². The smallest absolute Gasteiger partial charge is 0.123 e. The standard InChI is InChI=1S/C26H38N2O3/c1-4-5-20-31-24-12-10-23(11-13-24)27(2)17-14-26(29)15-18-28(19-16-26)21-22-8-6-7-9-25(22)30-3/h6-13,29H,4-5,14-21H2,1-3H3. The maximum Gasteiger partial charge on any atom is 0.123 e. The van der Waals surface area contributed by atoms with Crippen molar-refractivity contribution in [2.75, 3.05) is 45.3 Å². The van der Waals surface area contributed by atoms with Gasteiger partial charge in [0.2, 0.25) is 0 Å². The van der Waals surface area contributed by atoms with Crippen molar-refractivity contribution in [1.29, 1.82) is 0 Å². The van der Waals surface area contributed by atoms with Crippen LogP contribution in [-0.2, 0) is 6.54 Å². The number of ether oxygens (including phenoxy) is 2. The Balaban J connectivity index is 1.44. The van der Waals surface area contributed by atoms with Gasteiger partial charge in [0.1, 0.15) is 11.5 Å². The van der Waals surface area contributed by atoms with Crippen LogP contribution in [0, 0.1) is 0 Å². The molecule has 0 aromatic heterocycles. The van der Waals surface area contributed by atoms with Crippen molar-refractivity contribution in [2.24, 2.45) is 0 Å². The summed E-state index contributed by atoms with van der Waals surface area (Å²) < 4.78 is 11.2. The van der Waals surface area contributed by atoms with E-state index in [2.05, 4.69) is 48.0 Å². The van der Waals surface area contributed by atoms with Gasteiger partial charge in [-0.2, -0.15) is 0 Å². The second kappa shape index (κ2) is 11.4. The molecule has 1 fully saturated rings. The average Bonchev–Trinajstić information content (AvgIpc) is 2.80. The first kappa shape index (κ1) is 23.4. The number of hydrogen-bond donors (Lipinski definition) is 1. The number of methoxy groups -OCH3 is 1. The third kappa shape index (κ3) is 6.88. The van der Waals surface area contributed by atoms with Crippen LogP contribution >= 0.6 is 0 Å². The van der Waals surface area contributed by atoms with Crippen LogP contribution in [0.25, 0.3) is 0 Å². The summed E-state index contributed by atoms with van der Waals surface area (Å²) in [5, 5.41) is 11.1. The molecule has 0 saturated carbocycles. The predicted molar refractivity (Wildman–Crippen MR) is 127 cm³/mol. The van der Waals surface area contributed by atoms with Gasteiger partial charge in [-0.25, -0.2) is 0 Å². The van der Waals surface area contributed by atoms with Gasteiger partial charge in [-0.15, -0.1) is 0 Å². The fourth-order valence-electron chi connectivity index (χ4n) is 4.09. The van der Waals surface area contributed by atoms with Gasteiger partial charge >= 0.3 is 0 Å². The summed E-state index contributed by atoms with van der Waals surface area (Å²) in [5.74, 6) is 1.86. The summed E-state index contributed by atoms with van der Waals surface area (Å²) in [4.78, 5) is 4.63. The van der Waals surface area contributed by atoms with E-state index in [9.17, 15) is 5.11 Å². The van der Waals surface area contributed by atoms with Crippen molar-refractivity contribution < 1.29 is 14.6 Å². The zero-order valence-electron chi connectivity index (χ0n) is 19.3. The molecular weight excluding hydrogens is 388 g/mol. The molecule has 0 radical (unpaired) electrons. The summed E-state index contributed by atoms with van der Waals surface area (Å²) in [7, 11) is 3.81. The van der Waals surface area contributed by atoms with Crippen molar-refractivity contribution in [3.63, 3.8) is 0 Å². The lowest BCUT2D eigenvalue weighted by molar-refractivity contribution is -0.0276. The highest BCUT2D eigenvalue weighted by Gasteiger charge is 2.32. The summed E-state index contributed by atoms with van der Waals surface area (Å²) in [6.45, 7) is 6.45. The Morgan fingerprint density at radius 3 is 2.45 bits per heavy atom. The molecule has 1 heterocycles. The van der Waals surface area contributed by atoms with Crippen LogP contribution in [0.5, 0.6) is 11.5 Å². The Bertz CT molecular complexity index is 785. The molecule has 1 aliphatic heterocycles. The minimum absolute atomic E-state index is 0.589. The number of piperidine rings is 1. The molecule has 1 saturated heterocycles. The van der Waals surface area contributed by atoms with E-state index in [1.807, 2.05) is 24.3 Å². The van der Waals surface area contributed by atoms with E-state index in [0.717, 1.165) is 82.1 Å². The zero-order valence-corrected chi connectivity index (χ0v) is 19.3. The summed E-state index contributed by atoms with van der Waals surface area (Å²) >= 11 is 0. The van der Waals surface area contributed by atoms with Crippen molar-refractivity contribution in [3.8, 4) is 11.5 Å². The van der Waals surface area contributed by atoms with Crippen LogP contribution in [0.15, 0.2) is 48.5 Å². The van der Waals surface area contributed by atoms with Gasteiger partial charge in [0.15, 0.2) is 0 Å². The number of aliphatic hydroxyl groups is 1.